The molecule has 0 fully saturated rings. The van der Waals surface area contributed by atoms with Crippen molar-refractivity contribution >= 4 is 29.2 Å². The molecule has 0 atom stereocenters. The van der Waals surface area contributed by atoms with Crippen molar-refractivity contribution in [3.05, 3.63) is 58.9 Å². The molecule has 0 aromatic heterocycles. The summed E-state index contributed by atoms with van der Waals surface area (Å²) < 4.78 is 22.6. The minimum Gasteiger partial charge on any atom is -0.484 e. The highest BCUT2D eigenvalue weighted by Crippen LogP contribution is 2.21. The smallest absolute Gasteiger partial charge is 0.339 e. The van der Waals surface area contributed by atoms with Gasteiger partial charge in [0.05, 0.1) is 17.7 Å². The fourth-order valence-electron chi connectivity index (χ4n) is 1.75. The van der Waals surface area contributed by atoms with Gasteiger partial charge in [0.25, 0.3) is 5.91 Å². The number of hydrogen-bond donors (Lipinski definition) is 1. The molecule has 0 aliphatic rings. The van der Waals surface area contributed by atoms with E-state index in [2.05, 4.69) is 10.1 Å². The number of ether oxygens (including phenoxy) is 2. The lowest BCUT2D eigenvalue weighted by atomic mass is 10.2. The fourth-order valence-corrected chi connectivity index (χ4v) is 1.94. The summed E-state index contributed by atoms with van der Waals surface area (Å²) >= 11 is 5.89. The second kappa shape index (κ2) is 7.60. The molecule has 5 nitrogen and oxygen atoms in total. The maximum Gasteiger partial charge on any atom is 0.339 e. The molecule has 0 aliphatic carbocycles. The van der Waals surface area contributed by atoms with E-state index in [9.17, 15) is 14.0 Å². The summed E-state index contributed by atoms with van der Waals surface area (Å²) in [5, 5.41) is 2.79. The lowest BCUT2D eigenvalue weighted by Gasteiger charge is -2.09. The zero-order valence-electron chi connectivity index (χ0n) is 12.1. The van der Waals surface area contributed by atoms with E-state index in [1.54, 1.807) is 6.07 Å². The first-order valence-electron chi connectivity index (χ1n) is 6.55. The van der Waals surface area contributed by atoms with E-state index in [1.165, 1.54) is 43.5 Å². The van der Waals surface area contributed by atoms with E-state index in [0.29, 0.717) is 11.4 Å². The Bertz CT molecular complexity index is 719. The molecule has 1 N–H and O–H groups in total. The highest BCUT2D eigenvalue weighted by Gasteiger charge is 2.12. The second-order valence-corrected chi connectivity index (χ2v) is 4.88. The van der Waals surface area contributed by atoms with Crippen molar-refractivity contribution in [1.82, 2.24) is 0 Å². The van der Waals surface area contributed by atoms with Gasteiger partial charge in [-0.25, -0.2) is 9.18 Å². The van der Waals surface area contributed by atoms with Crippen LogP contribution in [0.2, 0.25) is 5.02 Å². The molecule has 120 valence electrons. The summed E-state index contributed by atoms with van der Waals surface area (Å²) in [5.74, 6) is -1.06. The molecule has 0 bridgehead atoms. The number of methoxy groups -OCH3 is 1. The highest BCUT2D eigenvalue weighted by molar-refractivity contribution is 6.33. The van der Waals surface area contributed by atoms with Gasteiger partial charge < -0.3 is 14.8 Å². The molecule has 0 heterocycles. The van der Waals surface area contributed by atoms with E-state index >= 15 is 0 Å². The number of carbonyl (C=O) groups is 2. The number of esters is 1. The molecule has 2 aromatic rings. The number of anilines is 1. The van der Waals surface area contributed by atoms with Crippen LogP contribution in [0.4, 0.5) is 10.1 Å². The van der Waals surface area contributed by atoms with Crippen LogP contribution < -0.4 is 10.1 Å². The summed E-state index contributed by atoms with van der Waals surface area (Å²) in [5.41, 5.74) is 0.522. The molecule has 23 heavy (non-hydrogen) atoms. The van der Waals surface area contributed by atoms with Crippen LogP contribution in [0.3, 0.4) is 0 Å². The monoisotopic (exact) mass is 337 g/mol. The molecule has 0 unspecified atom stereocenters. The molecule has 2 rings (SSSR count). The molecule has 0 saturated carbocycles. The zero-order chi connectivity index (χ0) is 16.8. The number of nitrogens with one attached hydrogen (secondary N) is 1. The minimum atomic E-state index is -0.603. The lowest BCUT2D eigenvalue weighted by molar-refractivity contribution is -0.118. The first-order chi connectivity index (χ1) is 11.0. The van der Waals surface area contributed by atoms with Gasteiger partial charge >= 0.3 is 5.97 Å². The van der Waals surface area contributed by atoms with E-state index in [-0.39, 0.29) is 17.2 Å². The van der Waals surface area contributed by atoms with E-state index < -0.39 is 17.7 Å². The van der Waals surface area contributed by atoms with Crippen molar-refractivity contribution in [2.45, 2.75) is 0 Å². The SMILES string of the molecule is COC(=O)c1cc(NC(=O)COc2ccc(F)cc2)ccc1Cl. The van der Waals surface area contributed by atoms with Crippen LogP contribution in [0, 0.1) is 5.82 Å². The summed E-state index contributed by atoms with van der Waals surface area (Å²) in [4.78, 5) is 23.4. The highest BCUT2D eigenvalue weighted by atomic mass is 35.5. The lowest BCUT2D eigenvalue weighted by Crippen LogP contribution is -2.20. The van der Waals surface area contributed by atoms with Crippen molar-refractivity contribution in [2.75, 3.05) is 19.0 Å². The minimum absolute atomic E-state index is 0.145. The zero-order valence-corrected chi connectivity index (χ0v) is 12.9. The average Bonchev–Trinajstić information content (AvgIpc) is 2.55. The fraction of sp³-hybridized carbons (Fsp3) is 0.125. The van der Waals surface area contributed by atoms with Crippen LogP contribution in [-0.2, 0) is 9.53 Å². The Morgan fingerprint density at radius 2 is 1.87 bits per heavy atom. The van der Waals surface area contributed by atoms with E-state index in [0.717, 1.165) is 0 Å². The topological polar surface area (TPSA) is 64.6 Å². The Kier molecular flexibility index (Phi) is 5.54. The van der Waals surface area contributed by atoms with E-state index in [4.69, 9.17) is 16.3 Å². The first-order valence-corrected chi connectivity index (χ1v) is 6.93. The van der Waals surface area contributed by atoms with Crippen molar-refractivity contribution in [2.24, 2.45) is 0 Å². The standard InChI is InChI=1S/C16H13ClFNO4/c1-22-16(21)13-8-11(4-7-14(13)17)19-15(20)9-23-12-5-2-10(18)3-6-12/h2-8H,9H2,1H3,(H,19,20). The van der Waals surface area contributed by atoms with Crippen LogP contribution in [0.25, 0.3) is 0 Å². The summed E-state index contributed by atoms with van der Waals surface area (Å²) in [7, 11) is 1.24. The Labute approximate surface area is 137 Å². The van der Waals surface area contributed by atoms with Gasteiger partial charge in [0.2, 0.25) is 0 Å². The normalized spacial score (nSPS) is 10.0. The second-order valence-electron chi connectivity index (χ2n) is 4.48. The molecule has 1 amide bonds. The Hall–Kier alpha value is -2.60. The number of halogens is 2. The third-order valence-corrected chi connectivity index (χ3v) is 3.17. The molecule has 0 saturated heterocycles. The van der Waals surface area contributed by atoms with Crippen LogP contribution >= 0.6 is 11.6 Å². The largest absolute Gasteiger partial charge is 0.484 e. The molecule has 2 aromatic carbocycles. The molecule has 0 aliphatic heterocycles. The van der Waals surface area contributed by atoms with Gasteiger partial charge in [-0.05, 0) is 42.5 Å². The van der Waals surface area contributed by atoms with Gasteiger partial charge in [0, 0.05) is 5.69 Å². The maximum absolute atomic E-state index is 12.8. The number of carbonyl (C=O) groups excluding carboxylic acids is 2. The summed E-state index contributed by atoms with van der Waals surface area (Å²) in [6.07, 6.45) is 0. The molecule has 0 radical (unpaired) electrons. The van der Waals surface area contributed by atoms with Crippen LogP contribution in [-0.4, -0.2) is 25.6 Å². The molecule has 7 heteroatoms. The molecular weight excluding hydrogens is 325 g/mol. The molecule has 0 spiro atoms. The third kappa shape index (κ3) is 4.69. The van der Waals surface area contributed by atoms with Gasteiger partial charge in [-0.2, -0.15) is 0 Å². The predicted molar refractivity (Wildman–Crippen MR) is 83.3 cm³/mol. The van der Waals surface area contributed by atoms with Crippen molar-refractivity contribution in [3.63, 3.8) is 0 Å². The van der Waals surface area contributed by atoms with Crippen molar-refractivity contribution < 1.29 is 23.5 Å². The summed E-state index contributed by atoms with van der Waals surface area (Å²) in [6, 6.07) is 9.73. The van der Waals surface area contributed by atoms with Gasteiger partial charge in [-0.1, -0.05) is 11.6 Å². The van der Waals surface area contributed by atoms with E-state index in [1.807, 2.05) is 0 Å². The van der Waals surface area contributed by atoms with Gasteiger partial charge in [0.1, 0.15) is 11.6 Å². The van der Waals surface area contributed by atoms with Crippen LogP contribution in [0.1, 0.15) is 10.4 Å². The summed E-state index contributed by atoms with van der Waals surface area (Å²) in [6.45, 7) is -0.262. The van der Waals surface area contributed by atoms with Crippen LogP contribution in [0.5, 0.6) is 5.75 Å². The number of rotatable bonds is 5. The Balaban J connectivity index is 1.97. The number of amides is 1. The average molecular weight is 338 g/mol. The third-order valence-electron chi connectivity index (χ3n) is 2.84. The van der Waals surface area contributed by atoms with Crippen molar-refractivity contribution in [1.29, 1.82) is 0 Å². The van der Waals surface area contributed by atoms with Gasteiger partial charge in [0.15, 0.2) is 6.61 Å². The number of hydrogen-bond acceptors (Lipinski definition) is 4. The predicted octanol–water partition coefficient (Wildman–Crippen LogP) is 3.28. The maximum atomic E-state index is 12.8. The number of benzene rings is 2. The van der Waals surface area contributed by atoms with Gasteiger partial charge in [-0.15, -0.1) is 0 Å². The van der Waals surface area contributed by atoms with Gasteiger partial charge in [-0.3, -0.25) is 4.79 Å². The Morgan fingerprint density at radius 3 is 2.52 bits per heavy atom. The quantitative estimate of drug-likeness (QED) is 0.850. The molecular formula is C16H13ClFNO4. The van der Waals surface area contributed by atoms with Crippen molar-refractivity contribution in [3.8, 4) is 5.75 Å². The Morgan fingerprint density at radius 1 is 1.17 bits per heavy atom. The van der Waals surface area contributed by atoms with Crippen LogP contribution in [0.15, 0.2) is 42.5 Å². The first kappa shape index (κ1) is 16.8.